The van der Waals surface area contributed by atoms with Gasteiger partial charge in [0.1, 0.15) is 11.5 Å². The maximum atomic E-state index is 11.8. The molecule has 1 heterocycles. The summed E-state index contributed by atoms with van der Waals surface area (Å²) in [7, 11) is 0. The Hall–Kier alpha value is -1.69. The zero-order valence-electron chi connectivity index (χ0n) is 10.2. The fourth-order valence-electron chi connectivity index (χ4n) is 1.20. The summed E-state index contributed by atoms with van der Waals surface area (Å²) in [6.45, 7) is 3.99. The first-order valence-corrected chi connectivity index (χ1v) is 5.88. The molecular weight excluding hydrogens is 256 g/mol. The third-order valence-corrected chi connectivity index (χ3v) is 2.43. The minimum absolute atomic E-state index is 0.0749. The molecule has 0 saturated heterocycles. The van der Waals surface area contributed by atoms with Crippen molar-refractivity contribution in [2.75, 3.05) is 6.54 Å². The smallest absolute Gasteiger partial charge is 0.271 e. The molecule has 0 aliphatic carbocycles. The maximum Gasteiger partial charge on any atom is 0.271 e. The van der Waals surface area contributed by atoms with E-state index < -0.39 is 11.8 Å². The highest BCUT2D eigenvalue weighted by atomic mass is 35.5. The molecule has 0 saturated carbocycles. The molecule has 0 unspecified atom stereocenters. The van der Waals surface area contributed by atoms with E-state index in [2.05, 4.69) is 15.3 Å². The van der Waals surface area contributed by atoms with Crippen LogP contribution in [-0.4, -0.2) is 28.3 Å². The number of aromatic nitrogens is 2. The fourth-order valence-corrected chi connectivity index (χ4v) is 1.38. The zero-order valence-corrected chi connectivity index (χ0v) is 11.0. The zero-order chi connectivity index (χ0) is 13.7. The van der Waals surface area contributed by atoms with Gasteiger partial charge in [-0.25, -0.2) is 9.97 Å². The van der Waals surface area contributed by atoms with Crippen molar-refractivity contribution in [3.8, 4) is 0 Å². The number of rotatable bonds is 5. The number of nitrogens with two attached hydrogens (primary N) is 1. The van der Waals surface area contributed by atoms with Gasteiger partial charge in [0.25, 0.3) is 5.91 Å². The lowest BCUT2D eigenvalue weighted by Gasteiger charge is -2.08. The van der Waals surface area contributed by atoms with Crippen molar-refractivity contribution in [2.24, 2.45) is 5.73 Å². The molecule has 98 valence electrons. The highest BCUT2D eigenvalue weighted by molar-refractivity contribution is 6.33. The Morgan fingerprint density at radius 3 is 2.72 bits per heavy atom. The maximum absolute atomic E-state index is 11.8. The molecule has 7 heteroatoms. The summed E-state index contributed by atoms with van der Waals surface area (Å²) in [5.74, 6) is -0.281. The van der Waals surface area contributed by atoms with Gasteiger partial charge in [-0.05, 0) is 0 Å². The standard InChI is InChI=1S/C11H15ClN4O2/c1-6(2)10-15-5-7(12)9(16-10)11(18)14-4-3-8(13)17/h5-6H,3-4H2,1-2H3,(H2,13,17)(H,14,18). The molecule has 0 fully saturated rings. The molecule has 1 aromatic rings. The molecule has 18 heavy (non-hydrogen) atoms. The number of carbonyl (C=O) groups is 2. The van der Waals surface area contributed by atoms with Gasteiger partial charge in [-0.15, -0.1) is 0 Å². The highest BCUT2D eigenvalue weighted by Gasteiger charge is 2.15. The van der Waals surface area contributed by atoms with Crippen LogP contribution in [0.25, 0.3) is 0 Å². The van der Waals surface area contributed by atoms with Crippen LogP contribution in [0.15, 0.2) is 6.20 Å². The first-order chi connectivity index (χ1) is 8.41. The summed E-state index contributed by atoms with van der Waals surface area (Å²) in [5.41, 5.74) is 5.08. The number of nitrogens with one attached hydrogen (secondary N) is 1. The molecule has 1 rings (SSSR count). The van der Waals surface area contributed by atoms with Crippen molar-refractivity contribution in [3.05, 3.63) is 22.7 Å². The first kappa shape index (κ1) is 14.4. The predicted octanol–water partition coefficient (Wildman–Crippen LogP) is 0.859. The van der Waals surface area contributed by atoms with Crippen LogP contribution in [0.2, 0.25) is 5.02 Å². The normalized spacial score (nSPS) is 10.4. The summed E-state index contributed by atoms with van der Waals surface area (Å²) in [5, 5.41) is 2.70. The van der Waals surface area contributed by atoms with E-state index in [9.17, 15) is 9.59 Å². The molecule has 0 atom stereocenters. The number of amides is 2. The molecule has 0 aliphatic rings. The number of hydrogen-bond donors (Lipinski definition) is 2. The van der Waals surface area contributed by atoms with Crippen LogP contribution in [0.5, 0.6) is 0 Å². The van der Waals surface area contributed by atoms with Crippen molar-refractivity contribution in [1.29, 1.82) is 0 Å². The number of carbonyl (C=O) groups excluding carboxylic acids is 2. The van der Waals surface area contributed by atoms with E-state index in [-0.39, 0.29) is 29.6 Å². The van der Waals surface area contributed by atoms with Gasteiger partial charge < -0.3 is 11.1 Å². The Labute approximate surface area is 110 Å². The van der Waals surface area contributed by atoms with Crippen molar-refractivity contribution in [3.63, 3.8) is 0 Å². The Morgan fingerprint density at radius 1 is 1.50 bits per heavy atom. The quantitative estimate of drug-likeness (QED) is 0.829. The van der Waals surface area contributed by atoms with Crippen molar-refractivity contribution >= 4 is 23.4 Å². The van der Waals surface area contributed by atoms with Crippen LogP contribution in [0.1, 0.15) is 42.5 Å². The molecule has 0 aliphatic heterocycles. The number of primary amides is 1. The van der Waals surface area contributed by atoms with E-state index in [4.69, 9.17) is 17.3 Å². The molecule has 1 aromatic heterocycles. The van der Waals surface area contributed by atoms with Gasteiger partial charge in [-0.3, -0.25) is 9.59 Å². The van der Waals surface area contributed by atoms with Crippen molar-refractivity contribution in [2.45, 2.75) is 26.2 Å². The van der Waals surface area contributed by atoms with Gasteiger partial charge in [0, 0.05) is 18.9 Å². The highest BCUT2D eigenvalue weighted by Crippen LogP contribution is 2.16. The minimum Gasteiger partial charge on any atom is -0.370 e. The van der Waals surface area contributed by atoms with Crippen LogP contribution in [0.3, 0.4) is 0 Å². The van der Waals surface area contributed by atoms with Crippen LogP contribution >= 0.6 is 11.6 Å². The van der Waals surface area contributed by atoms with Gasteiger partial charge in [0.15, 0.2) is 0 Å². The van der Waals surface area contributed by atoms with E-state index >= 15 is 0 Å². The van der Waals surface area contributed by atoms with E-state index in [1.165, 1.54) is 6.20 Å². The Bertz CT molecular complexity index is 462. The molecular formula is C11H15ClN4O2. The molecule has 3 N–H and O–H groups in total. The fraction of sp³-hybridized carbons (Fsp3) is 0.455. The Morgan fingerprint density at radius 2 is 2.17 bits per heavy atom. The monoisotopic (exact) mass is 270 g/mol. The second-order valence-electron chi connectivity index (χ2n) is 4.05. The number of halogens is 1. The summed E-state index contributed by atoms with van der Waals surface area (Å²) in [4.78, 5) is 30.5. The average molecular weight is 271 g/mol. The minimum atomic E-state index is -0.480. The van der Waals surface area contributed by atoms with Crippen LogP contribution in [-0.2, 0) is 4.79 Å². The Kier molecular flexibility index (Phi) is 5.03. The van der Waals surface area contributed by atoms with Crippen LogP contribution in [0, 0.1) is 0 Å². The topological polar surface area (TPSA) is 98.0 Å². The van der Waals surface area contributed by atoms with Gasteiger partial charge in [-0.1, -0.05) is 25.4 Å². The lowest BCUT2D eigenvalue weighted by molar-refractivity contribution is -0.117. The molecule has 6 nitrogen and oxygen atoms in total. The van der Waals surface area contributed by atoms with Crippen LogP contribution in [0.4, 0.5) is 0 Å². The lowest BCUT2D eigenvalue weighted by Crippen LogP contribution is -2.29. The largest absolute Gasteiger partial charge is 0.370 e. The van der Waals surface area contributed by atoms with Gasteiger partial charge in [-0.2, -0.15) is 0 Å². The average Bonchev–Trinajstić information content (AvgIpc) is 2.28. The summed E-state index contributed by atoms with van der Waals surface area (Å²) < 4.78 is 0. The third kappa shape index (κ3) is 3.96. The van der Waals surface area contributed by atoms with Crippen molar-refractivity contribution < 1.29 is 9.59 Å². The van der Waals surface area contributed by atoms with E-state index in [0.717, 1.165) is 0 Å². The summed E-state index contributed by atoms with van der Waals surface area (Å²) >= 11 is 5.86. The Balaban J connectivity index is 2.78. The molecule has 0 bridgehead atoms. The predicted molar refractivity (Wildman–Crippen MR) is 67.3 cm³/mol. The van der Waals surface area contributed by atoms with E-state index in [1.54, 1.807) is 0 Å². The van der Waals surface area contributed by atoms with E-state index in [1.807, 2.05) is 13.8 Å². The second kappa shape index (κ2) is 6.30. The first-order valence-electron chi connectivity index (χ1n) is 5.50. The molecule has 2 amide bonds. The second-order valence-corrected chi connectivity index (χ2v) is 4.46. The lowest BCUT2D eigenvalue weighted by atomic mass is 10.2. The number of nitrogens with zero attached hydrogens (tertiary/aromatic N) is 2. The van der Waals surface area contributed by atoms with E-state index in [0.29, 0.717) is 5.82 Å². The summed E-state index contributed by atoms with van der Waals surface area (Å²) in [6.07, 6.45) is 1.47. The van der Waals surface area contributed by atoms with Gasteiger partial charge in [0.05, 0.1) is 11.2 Å². The molecule has 0 radical (unpaired) electrons. The third-order valence-electron chi connectivity index (χ3n) is 2.15. The van der Waals surface area contributed by atoms with Crippen LogP contribution < -0.4 is 11.1 Å². The SMILES string of the molecule is CC(C)c1ncc(Cl)c(C(=O)NCCC(N)=O)n1. The van der Waals surface area contributed by atoms with Gasteiger partial charge >= 0.3 is 0 Å². The molecule has 0 spiro atoms. The number of hydrogen-bond acceptors (Lipinski definition) is 4. The molecule has 0 aromatic carbocycles. The summed E-state index contributed by atoms with van der Waals surface area (Å²) in [6, 6.07) is 0. The van der Waals surface area contributed by atoms with Gasteiger partial charge in [0.2, 0.25) is 5.91 Å². The van der Waals surface area contributed by atoms with Crippen molar-refractivity contribution in [1.82, 2.24) is 15.3 Å².